The first-order chi connectivity index (χ1) is 24.5. The third kappa shape index (κ3) is 6.64. The van der Waals surface area contributed by atoms with E-state index in [1.54, 1.807) is 42.5 Å². The van der Waals surface area contributed by atoms with Crippen molar-refractivity contribution in [1.29, 1.82) is 0 Å². The Morgan fingerprint density at radius 1 is 0.529 bits per heavy atom. The van der Waals surface area contributed by atoms with Crippen molar-refractivity contribution in [3.05, 3.63) is 151 Å². The number of carbonyl (C=O) groups is 2. The first-order valence-corrected chi connectivity index (χ1v) is 17.4. The van der Waals surface area contributed by atoms with Gasteiger partial charge in [-0.15, -0.1) is 0 Å². The molecule has 10 heteroatoms. The summed E-state index contributed by atoms with van der Waals surface area (Å²) in [6, 6.07) is 30.7. The average molecular weight is 751 g/mol. The van der Waals surface area contributed by atoms with Crippen molar-refractivity contribution in [3.8, 4) is 22.5 Å². The molecule has 252 valence electrons. The minimum Gasteiger partial charge on any atom is -0.320 e. The van der Waals surface area contributed by atoms with Gasteiger partial charge in [0, 0.05) is 31.9 Å². The molecule has 5 aromatic carbocycles. The maximum Gasteiger partial charge on any atom is 0.256 e. The van der Waals surface area contributed by atoms with Crippen LogP contribution in [0.2, 0.25) is 20.1 Å². The van der Waals surface area contributed by atoms with E-state index in [0.29, 0.717) is 98.0 Å². The second kappa shape index (κ2) is 14.0. The van der Waals surface area contributed by atoms with Crippen molar-refractivity contribution in [2.24, 2.45) is 0 Å². The number of rotatable bonds is 6. The quantitative estimate of drug-likeness (QED) is 0.177. The Bertz CT molecular complexity index is 2570. The molecule has 0 aliphatic rings. The van der Waals surface area contributed by atoms with Gasteiger partial charge < -0.3 is 10.6 Å². The highest BCUT2D eigenvalue weighted by Gasteiger charge is 2.24. The van der Waals surface area contributed by atoms with Gasteiger partial charge in [0.05, 0.1) is 55.0 Å². The molecule has 51 heavy (non-hydrogen) atoms. The second-order valence-electron chi connectivity index (χ2n) is 12.2. The zero-order valence-corrected chi connectivity index (χ0v) is 30.6. The van der Waals surface area contributed by atoms with E-state index in [-0.39, 0.29) is 11.8 Å². The molecule has 2 heterocycles. The van der Waals surface area contributed by atoms with E-state index in [4.69, 9.17) is 56.4 Å². The average Bonchev–Trinajstić information content (AvgIpc) is 3.09. The standard InChI is InChI=1S/C41H28Cl4N4O2/c1-21-12-17-34(48-40(50)36-22(2)38(26-15-13-24(42)19-30(26)44)46-32-10-6-4-8-28(32)36)35(18-21)49-41(51)37-23(3)39(27-16-14-25(43)20-31(27)45)47-33-11-7-5-9-29(33)37/h4-20H,1-3H3,(H,48,50)(H,49,51). The van der Waals surface area contributed by atoms with Crippen molar-refractivity contribution in [1.82, 2.24) is 9.97 Å². The third-order valence-electron chi connectivity index (χ3n) is 8.77. The van der Waals surface area contributed by atoms with Crippen LogP contribution in [0.25, 0.3) is 44.3 Å². The number of nitrogens with zero attached hydrogens (tertiary/aromatic N) is 2. The molecule has 7 rings (SSSR count). The predicted octanol–water partition coefficient (Wildman–Crippen LogP) is 12.2. The maximum atomic E-state index is 14.3. The molecule has 0 saturated heterocycles. The van der Waals surface area contributed by atoms with Crippen molar-refractivity contribution < 1.29 is 9.59 Å². The molecule has 0 aliphatic carbocycles. The van der Waals surface area contributed by atoms with Gasteiger partial charge in [-0.1, -0.05) is 88.9 Å². The lowest BCUT2D eigenvalue weighted by atomic mass is 9.96. The molecular formula is C41H28Cl4N4O2. The van der Waals surface area contributed by atoms with Crippen LogP contribution in [-0.4, -0.2) is 21.8 Å². The van der Waals surface area contributed by atoms with Crippen molar-refractivity contribution >= 4 is 91.4 Å². The molecule has 0 saturated carbocycles. The summed E-state index contributed by atoms with van der Waals surface area (Å²) in [4.78, 5) is 38.4. The van der Waals surface area contributed by atoms with Gasteiger partial charge in [0.25, 0.3) is 11.8 Å². The van der Waals surface area contributed by atoms with Crippen molar-refractivity contribution in [3.63, 3.8) is 0 Å². The van der Waals surface area contributed by atoms with E-state index < -0.39 is 0 Å². The lowest BCUT2D eigenvalue weighted by molar-refractivity contribution is 0.101. The number of carbonyl (C=O) groups excluding carboxylic acids is 2. The summed E-state index contributed by atoms with van der Waals surface area (Å²) in [6.45, 7) is 5.60. The molecule has 6 nitrogen and oxygen atoms in total. The van der Waals surface area contributed by atoms with Gasteiger partial charge in [-0.3, -0.25) is 9.59 Å². The number of aromatic nitrogens is 2. The molecule has 2 amide bonds. The zero-order valence-electron chi connectivity index (χ0n) is 27.5. The SMILES string of the molecule is Cc1ccc(NC(=O)c2c(C)c(-c3ccc(Cl)cc3Cl)nc3ccccc23)c(NC(=O)c2c(C)c(-c3ccc(Cl)cc3Cl)nc3ccccc23)c1. The summed E-state index contributed by atoms with van der Waals surface area (Å²) < 4.78 is 0. The molecule has 0 bridgehead atoms. The van der Waals surface area contributed by atoms with Crippen LogP contribution in [0.3, 0.4) is 0 Å². The Morgan fingerprint density at radius 3 is 1.45 bits per heavy atom. The smallest absolute Gasteiger partial charge is 0.256 e. The number of nitrogens with one attached hydrogen (secondary N) is 2. The van der Waals surface area contributed by atoms with Crippen LogP contribution in [0.5, 0.6) is 0 Å². The van der Waals surface area contributed by atoms with E-state index in [2.05, 4.69) is 10.6 Å². The van der Waals surface area contributed by atoms with Crippen LogP contribution in [0.4, 0.5) is 11.4 Å². The molecule has 0 spiro atoms. The summed E-state index contributed by atoms with van der Waals surface area (Å²) in [5.74, 6) is -0.745. The first kappa shape index (κ1) is 34.5. The second-order valence-corrected chi connectivity index (χ2v) is 13.8. The lowest BCUT2D eigenvalue weighted by Crippen LogP contribution is -2.19. The molecule has 0 radical (unpaired) electrons. The Hall–Kier alpha value is -4.98. The summed E-state index contributed by atoms with van der Waals surface area (Å²) in [5.41, 5.74) is 7.57. The number of hydrogen-bond acceptors (Lipinski definition) is 4. The number of anilines is 2. The molecule has 0 atom stereocenters. The van der Waals surface area contributed by atoms with Crippen molar-refractivity contribution in [2.45, 2.75) is 20.8 Å². The van der Waals surface area contributed by atoms with E-state index in [0.717, 1.165) is 5.56 Å². The number of aryl methyl sites for hydroxylation is 1. The largest absolute Gasteiger partial charge is 0.320 e. The highest BCUT2D eigenvalue weighted by atomic mass is 35.5. The van der Waals surface area contributed by atoms with Crippen LogP contribution in [-0.2, 0) is 0 Å². The number of pyridine rings is 2. The van der Waals surface area contributed by atoms with Gasteiger partial charge in [0.2, 0.25) is 0 Å². The van der Waals surface area contributed by atoms with Gasteiger partial charge in [0.15, 0.2) is 0 Å². The molecular weight excluding hydrogens is 722 g/mol. The fourth-order valence-electron chi connectivity index (χ4n) is 6.33. The maximum absolute atomic E-state index is 14.3. The summed E-state index contributed by atoms with van der Waals surface area (Å²) >= 11 is 25.6. The molecule has 2 N–H and O–H groups in total. The van der Waals surface area contributed by atoms with Gasteiger partial charge >= 0.3 is 0 Å². The summed E-state index contributed by atoms with van der Waals surface area (Å²) in [7, 11) is 0. The van der Waals surface area contributed by atoms with Crippen molar-refractivity contribution in [2.75, 3.05) is 10.6 Å². The molecule has 0 aliphatic heterocycles. The fraction of sp³-hybridized carbons (Fsp3) is 0.0732. The molecule has 0 unspecified atom stereocenters. The highest BCUT2D eigenvalue weighted by molar-refractivity contribution is 6.37. The Labute approximate surface area is 314 Å². The topological polar surface area (TPSA) is 84.0 Å². The third-order valence-corrected chi connectivity index (χ3v) is 9.87. The van der Waals surface area contributed by atoms with E-state index >= 15 is 0 Å². The van der Waals surface area contributed by atoms with Crippen LogP contribution >= 0.6 is 46.4 Å². The monoisotopic (exact) mass is 748 g/mol. The number of hydrogen-bond donors (Lipinski definition) is 2. The number of amides is 2. The Balaban J connectivity index is 1.30. The van der Waals surface area contributed by atoms with Gasteiger partial charge in [0.1, 0.15) is 0 Å². The van der Waals surface area contributed by atoms with Gasteiger partial charge in [-0.25, -0.2) is 9.97 Å². The summed E-state index contributed by atoms with van der Waals surface area (Å²) in [5, 5.41) is 9.33. The molecule has 2 aromatic heterocycles. The first-order valence-electron chi connectivity index (χ1n) is 15.9. The number of para-hydroxylation sites is 2. The zero-order chi connectivity index (χ0) is 36.0. The number of benzene rings is 5. The van der Waals surface area contributed by atoms with Crippen LogP contribution < -0.4 is 10.6 Å². The van der Waals surface area contributed by atoms with Crippen LogP contribution in [0, 0.1) is 20.8 Å². The minimum atomic E-state index is -0.373. The van der Waals surface area contributed by atoms with Crippen LogP contribution in [0.15, 0.2) is 103 Å². The van der Waals surface area contributed by atoms with E-state index in [1.165, 1.54) is 0 Å². The number of halogens is 4. The van der Waals surface area contributed by atoms with Gasteiger partial charge in [-0.2, -0.15) is 0 Å². The van der Waals surface area contributed by atoms with Crippen LogP contribution in [0.1, 0.15) is 37.4 Å². The Kier molecular flexibility index (Phi) is 9.44. The van der Waals surface area contributed by atoms with E-state index in [1.807, 2.05) is 81.4 Å². The Morgan fingerprint density at radius 2 is 0.980 bits per heavy atom. The fourth-order valence-corrected chi connectivity index (χ4v) is 7.32. The van der Waals surface area contributed by atoms with Gasteiger partial charge in [-0.05, 0) is 98.1 Å². The van der Waals surface area contributed by atoms with E-state index in [9.17, 15) is 9.59 Å². The predicted molar refractivity (Wildman–Crippen MR) is 211 cm³/mol. The highest BCUT2D eigenvalue weighted by Crippen LogP contribution is 2.38. The minimum absolute atomic E-state index is 0.372. The normalized spacial score (nSPS) is 11.2. The molecule has 0 fully saturated rings. The molecule has 7 aromatic rings. The lowest BCUT2D eigenvalue weighted by Gasteiger charge is -2.19. The number of fused-ring (bicyclic) bond motifs is 2. The summed E-state index contributed by atoms with van der Waals surface area (Å²) in [6.07, 6.45) is 0.